The van der Waals surface area contributed by atoms with Crippen LogP contribution in [0.5, 0.6) is 0 Å². The Morgan fingerprint density at radius 3 is 2.59 bits per heavy atom. The zero-order valence-corrected chi connectivity index (χ0v) is 13.2. The number of rotatable bonds is 3. The maximum atomic E-state index is 12.3. The molecule has 22 heavy (non-hydrogen) atoms. The Morgan fingerprint density at radius 1 is 1.14 bits per heavy atom. The highest BCUT2D eigenvalue weighted by Crippen LogP contribution is 2.23. The van der Waals surface area contributed by atoms with Gasteiger partial charge in [-0.2, -0.15) is 0 Å². The first-order valence-electron chi connectivity index (χ1n) is 7.86. The third kappa shape index (κ3) is 2.98. The lowest BCUT2D eigenvalue weighted by Crippen LogP contribution is -2.23. The first-order valence-corrected chi connectivity index (χ1v) is 7.86. The van der Waals surface area contributed by atoms with Gasteiger partial charge < -0.3 is 9.88 Å². The molecule has 0 radical (unpaired) electrons. The number of benzene rings is 1. The van der Waals surface area contributed by atoms with Gasteiger partial charge in [0.25, 0.3) is 0 Å². The van der Waals surface area contributed by atoms with Crippen molar-refractivity contribution in [2.24, 2.45) is 5.92 Å². The fraction of sp³-hybridized carbons (Fsp3) is 0.316. The van der Waals surface area contributed by atoms with Crippen LogP contribution in [-0.4, -0.2) is 10.5 Å². The van der Waals surface area contributed by atoms with Gasteiger partial charge in [-0.05, 0) is 63.4 Å². The van der Waals surface area contributed by atoms with E-state index in [-0.39, 0.29) is 11.8 Å². The molecule has 1 aromatic carbocycles. The first kappa shape index (κ1) is 14.6. The van der Waals surface area contributed by atoms with Gasteiger partial charge in [-0.1, -0.05) is 18.2 Å². The summed E-state index contributed by atoms with van der Waals surface area (Å²) in [5, 5.41) is 3.07. The van der Waals surface area contributed by atoms with E-state index in [0.717, 1.165) is 30.6 Å². The van der Waals surface area contributed by atoms with E-state index in [0.29, 0.717) is 0 Å². The average Bonchev–Trinajstić information content (AvgIpc) is 2.87. The minimum Gasteiger partial charge on any atom is -0.326 e. The second-order valence-corrected chi connectivity index (χ2v) is 5.97. The second-order valence-electron chi connectivity index (χ2n) is 5.97. The summed E-state index contributed by atoms with van der Waals surface area (Å²) in [4.78, 5) is 12.3. The summed E-state index contributed by atoms with van der Waals surface area (Å²) in [5.41, 5.74) is 4.34. The predicted molar refractivity (Wildman–Crippen MR) is 90.4 cm³/mol. The molecule has 1 aliphatic rings. The highest BCUT2D eigenvalue weighted by atomic mass is 16.1. The summed E-state index contributed by atoms with van der Waals surface area (Å²) in [7, 11) is 0. The van der Waals surface area contributed by atoms with Crippen molar-refractivity contribution in [1.29, 1.82) is 0 Å². The molecule has 1 unspecified atom stereocenters. The van der Waals surface area contributed by atoms with Crippen LogP contribution in [0.4, 0.5) is 5.69 Å². The van der Waals surface area contributed by atoms with Crippen molar-refractivity contribution >= 4 is 11.6 Å². The lowest BCUT2D eigenvalue weighted by Gasteiger charge is -2.18. The minimum atomic E-state index is 0.101. The third-order valence-corrected chi connectivity index (χ3v) is 4.28. The van der Waals surface area contributed by atoms with Crippen LogP contribution in [-0.2, 0) is 4.79 Å². The fourth-order valence-electron chi connectivity index (χ4n) is 3.07. The number of nitrogens with zero attached hydrogens (tertiary/aromatic N) is 1. The number of aromatic nitrogens is 1. The number of hydrogen-bond donors (Lipinski definition) is 1. The Hall–Kier alpha value is -2.29. The number of carbonyl (C=O) groups excluding carboxylic acids is 1. The molecule has 0 spiro atoms. The van der Waals surface area contributed by atoms with Crippen LogP contribution in [0.2, 0.25) is 0 Å². The molecule has 1 amide bonds. The van der Waals surface area contributed by atoms with E-state index >= 15 is 0 Å². The molecule has 0 saturated heterocycles. The van der Waals surface area contributed by atoms with E-state index in [9.17, 15) is 4.79 Å². The zero-order valence-electron chi connectivity index (χ0n) is 13.2. The van der Waals surface area contributed by atoms with Crippen molar-refractivity contribution in [3.05, 3.63) is 59.9 Å². The normalized spacial score (nSPS) is 17.5. The summed E-state index contributed by atoms with van der Waals surface area (Å²) in [6, 6.07) is 12.3. The first-order chi connectivity index (χ1) is 10.6. The largest absolute Gasteiger partial charge is 0.326 e. The number of hydrogen-bond acceptors (Lipinski definition) is 1. The predicted octanol–water partition coefficient (Wildman–Crippen LogP) is 4.39. The van der Waals surface area contributed by atoms with Gasteiger partial charge in [0.15, 0.2) is 0 Å². The van der Waals surface area contributed by atoms with E-state index in [4.69, 9.17) is 0 Å². The number of aryl methyl sites for hydroxylation is 2. The summed E-state index contributed by atoms with van der Waals surface area (Å²) in [6.45, 7) is 4.18. The van der Waals surface area contributed by atoms with Crippen molar-refractivity contribution in [3.8, 4) is 5.69 Å². The van der Waals surface area contributed by atoms with Crippen molar-refractivity contribution in [2.75, 3.05) is 5.32 Å². The molecular formula is C19H22N2O. The van der Waals surface area contributed by atoms with Gasteiger partial charge in [-0.3, -0.25) is 4.79 Å². The van der Waals surface area contributed by atoms with Crippen molar-refractivity contribution < 1.29 is 4.79 Å². The molecule has 1 atom stereocenters. The minimum absolute atomic E-state index is 0.101. The SMILES string of the molecule is Cc1ccc(C)n1-c1cccc(NC(=O)C2CC=CCC2)c1. The summed E-state index contributed by atoms with van der Waals surface area (Å²) >= 11 is 0. The molecule has 3 rings (SSSR count). The van der Waals surface area contributed by atoms with Gasteiger partial charge in [0.1, 0.15) is 0 Å². The second kappa shape index (κ2) is 6.22. The van der Waals surface area contributed by atoms with Crippen molar-refractivity contribution in [2.45, 2.75) is 33.1 Å². The quantitative estimate of drug-likeness (QED) is 0.837. The van der Waals surface area contributed by atoms with E-state index in [1.807, 2.05) is 18.2 Å². The van der Waals surface area contributed by atoms with E-state index in [1.54, 1.807) is 0 Å². The molecule has 1 aliphatic carbocycles. The molecule has 0 aliphatic heterocycles. The van der Waals surface area contributed by atoms with E-state index in [2.05, 4.69) is 54.1 Å². The monoisotopic (exact) mass is 294 g/mol. The van der Waals surface area contributed by atoms with Gasteiger partial charge in [0.05, 0.1) is 0 Å². The number of anilines is 1. The molecule has 1 aromatic heterocycles. The van der Waals surface area contributed by atoms with Crippen LogP contribution < -0.4 is 5.32 Å². The molecule has 1 heterocycles. The number of nitrogens with one attached hydrogen (secondary N) is 1. The highest BCUT2D eigenvalue weighted by molar-refractivity contribution is 5.93. The molecule has 1 N–H and O–H groups in total. The third-order valence-electron chi connectivity index (χ3n) is 4.28. The van der Waals surface area contributed by atoms with Crippen molar-refractivity contribution in [1.82, 2.24) is 4.57 Å². The Bertz CT molecular complexity index is 692. The Labute approximate surface area is 131 Å². The maximum Gasteiger partial charge on any atom is 0.227 e. The van der Waals surface area contributed by atoms with Crippen LogP contribution in [0.1, 0.15) is 30.7 Å². The highest BCUT2D eigenvalue weighted by Gasteiger charge is 2.18. The molecular weight excluding hydrogens is 272 g/mol. The van der Waals surface area contributed by atoms with E-state index in [1.165, 1.54) is 11.4 Å². The average molecular weight is 294 g/mol. The summed E-state index contributed by atoms with van der Waals surface area (Å²) < 4.78 is 2.19. The zero-order chi connectivity index (χ0) is 15.5. The Morgan fingerprint density at radius 2 is 1.91 bits per heavy atom. The Balaban J connectivity index is 1.80. The molecule has 0 saturated carbocycles. The molecule has 3 nitrogen and oxygen atoms in total. The van der Waals surface area contributed by atoms with Crippen LogP contribution in [0.3, 0.4) is 0 Å². The van der Waals surface area contributed by atoms with Crippen LogP contribution in [0.25, 0.3) is 5.69 Å². The van der Waals surface area contributed by atoms with Gasteiger partial charge >= 0.3 is 0 Å². The number of carbonyl (C=O) groups is 1. The lowest BCUT2D eigenvalue weighted by atomic mass is 9.93. The van der Waals surface area contributed by atoms with Crippen LogP contribution in [0.15, 0.2) is 48.6 Å². The van der Waals surface area contributed by atoms with Gasteiger partial charge in [0, 0.05) is 28.7 Å². The number of allylic oxidation sites excluding steroid dienone is 2. The molecule has 0 bridgehead atoms. The summed E-state index contributed by atoms with van der Waals surface area (Å²) in [5.74, 6) is 0.228. The molecule has 114 valence electrons. The van der Waals surface area contributed by atoms with Gasteiger partial charge in [-0.25, -0.2) is 0 Å². The van der Waals surface area contributed by atoms with Crippen LogP contribution in [0, 0.1) is 19.8 Å². The maximum absolute atomic E-state index is 12.3. The Kier molecular flexibility index (Phi) is 4.14. The van der Waals surface area contributed by atoms with Crippen molar-refractivity contribution in [3.63, 3.8) is 0 Å². The molecule has 0 fully saturated rings. The fourth-order valence-corrected chi connectivity index (χ4v) is 3.07. The van der Waals surface area contributed by atoms with Gasteiger partial charge in [0.2, 0.25) is 5.91 Å². The van der Waals surface area contributed by atoms with Gasteiger partial charge in [-0.15, -0.1) is 0 Å². The smallest absolute Gasteiger partial charge is 0.227 e. The van der Waals surface area contributed by atoms with Crippen LogP contribution >= 0.6 is 0 Å². The molecule has 2 aromatic rings. The topological polar surface area (TPSA) is 34.0 Å². The standard InChI is InChI=1S/C19H22N2O/c1-14-11-12-15(2)21(14)18-10-6-9-17(13-18)20-19(22)16-7-4-3-5-8-16/h3-4,6,9-13,16H,5,7-8H2,1-2H3,(H,20,22). The molecule has 3 heteroatoms. The number of amides is 1. The van der Waals surface area contributed by atoms with E-state index < -0.39 is 0 Å². The summed E-state index contributed by atoms with van der Waals surface area (Å²) in [6.07, 6.45) is 7.05. The lowest BCUT2D eigenvalue weighted by molar-refractivity contribution is -0.120.